The first-order valence-corrected chi connectivity index (χ1v) is 12.2. The van der Waals surface area contributed by atoms with Crippen LogP contribution in [0.5, 0.6) is 0 Å². The van der Waals surface area contributed by atoms with E-state index in [1.165, 1.54) is 24.3 Å². The number of aliphatic hydroxyl groups is 1. The average molecular weight is 485 g/mol. The van der Waals surface area contributed by atoms with Gasteiger partial charge in [-0.05, 0) is 67.9 Å². The normalized spacial score (nSPS) is 27.3. The van der Waals surface area contributed by atoms with E-state index in [0.717, 1.165) is 25.0 Å². The average Bonchev–Trinajstić information content (AvgIpc) is 2.92. The van der Waals surface area contributed by atoms with Gasteiger partial charge in [0.25, 0.3) is 5.91 Å². The van der Waals surface area contributed by atoms with Crippen molar-refractivity contribution in [1.29, 1.82) is 0 Å². The zero-order valence-corrected chi connectivity index (χ0v) is 18.6. The summed E-state index contributed by atoms with van der Waals surface area (Å²) in [4.78, 5) is 12.4. The maximum Gasteiger partial charge on any atom is 0.255 e. The Morgan fingerprint density at radius 3 is 2.38 bits per heavy atom. The molecule has 6 nitrogen and oxygen atoms in total. The lowest BCUT2D eigenvalue weighted by molar-refractivity contribution is -0.0498. The summed E-state index contributed by atoms with van der Waals surface area (Å²) in [7, 11) is -3.89. The van der Waals surface area contributed by atoms with E-state index < -0.39 is 38.2 Å². The summed E-state index contributed by atoms with van der Waals surface area (Å²) in [6, 6.07) is 6.77. The van der Waals surface area contributed by atoms with Crippen LogP contribution in [0.25, 0.3) is 0 Å². The van der Waals surface area contributed by atoms with Crippen molar-refractivity contribution in [2.45, 2.75) is 41.4 Å². The first-order valence-electron chi connectivity index (χ1n) is 10.3. The Balaban J connectivity index is 1.59. The molecule has 0 spiro atoms. The van der Waals surface area contributed by atoms with Gasteiger partial charge < -0.3 is 16.2 Å². The van der Waals surface area contributed by atoms with Crippen molar-refractivity contribution in [2.24, 2.45) is 17.6 Å². The van der Waals surface area contributed by atoms with Crippen molar-refractivity contribution < 1.29 is 27.1 Å². The molecule has 2 aliphatic carbocycles. The smallest absolute Gasteiger partial charge is 0.255 e. The lowest BCUT2D eigenvalue weighted by Gasteiger charge is -2.41. The quantitative estimate of drug-likeness (QED) is 0.601. The van der Waals surface area contributed by atoms with Crippen molar-refractivity contribution >= 4 is 33.0 Å². The summed E-state index contributed by atoms with van der Waals surface area (Å²) in [5.41, 5.74) is 4.77. The van der Waals surface area contributed by atoms with Gasteiger partial charge in [-0.2, -0.15) is 0 Å². The molecule has 0 aromatic heterocycles. The molecule has 2 aliphatic rings. The number of sulfone groups is 1. The minimum atomic E-state index is -3.89. The van der Waals surface area contributed by atoms with Gasteiger partial charge in [-0.25, -0.2) is 17.2 Å². The second-order valence-corrected chi connectivity index (χ2v) is 11.1. The van der Waals surface area contributed by atoms with Crippen LogP contribution in [0.15, 0.2) is 41.3 Å². The van der Waals surface area contributed by atoms with E-state index in [-0.39, 0.29) is 52.4 Å². The minimum Gasteiger partial charge on any atom is -0.388 e. The number of amides is 1. The molecule has 0 saturated heterocycles. The fraction of sp³-hybridized carbons (Fsp3) is 0.409. The molecule has 2 aromatic rings. The first kappa shape index (κ1) is 23.1. The number of hydrogen-bond donors (Lipinski definition) is 3. The second kappa shape index (κ2) is 8.37. The van der Waals surface area contributed by atoms with Gasteiger partial charge in [-0.3, -0.25) is 4.79 Å². The molecule has 0 heterocycles. The van der Waals surface area contributed by atoms with E-state index in [1.54, 1.807) is 0 Å². The second-order valence-electron chi connectivity index (χ2n) is 8.53. The molecule has 2 aromatic carbocycles. The highest BCUT2D eigenvalue weighted by Crippen LogP contribution is 2.51. The maximum absolute atomic E-state index is 13.4. The molecule has 1 unspecified atom stereocenters. The predicted molar refractivity (Wildman–Crippen MR) is 116 cm³/mol. The highest BCUT2D eigenvalue weighted by atomic mass is 35.5. The third kappa shape index (κ3) is 3.91. The number of carbonyl (C=O) groups excluding carboxylic acids is 1. The standard InChI is InChI=1S/C22H23ClF2N2O4S/c23-17-5-1-12(21(28)27-15-4-6-18(24)19(25)10-15)7-20(17)32(30,31)16-8-13-2-3-14(9-16)22(13,29)11-26/h1,4-7,10,13-14,16,29H,2-3,8-9,11,26H2,(H,27,28)/t13-,14?,16-,22-/m0/s1. The SMILES string of the molecule is NC[C@@]1(O)C2CC[C@H]1C[C@H](S(=O)(=O)c1cc(C(=O)Nc3ccc(F)c(F)c3)ccc1Cl)C2. The highest BCUT2D eigenvalue weighted by Gasteiger charge is 2.55. The third-order valence-corrected chi connectivity index (χ3v) is 9.47. The van der Waals surface area contributed by atoms with Crippen LogP contribution in [-0.4, -0.2) is 36.8 Å². The van der Waals surface area contributed by atoms with Gasteiger partial charge in [0.2, 0.25) is 0 Å². The van der Waals surface area contributed by atoms with Crippen LogP contribution >= 0.6 is 11.6 Å². The Labute approximate surface area is 189 Å². The number of nitrogens with two attached hydrogens (primary N) is 1. The molecule has 10 heteroatoms. The van der Waals surface area contributed by atoms with Gasteiger partial charge in [0.05, 0.1) is 20.8 Å². The first-order chi connectivity index (χ1) is 15.1. The molecule has 4 N–H and O–H groups in total. The van der Waals surface area contributed by atoms with Gasteiger partial charge in [-0.15, -0.1) is 0 Å². The van der Waals surface area contributed by atoms with Gasteiger partial charge in [0.15, 0.2) is 21.5 Å². The van der Waals surface area contributed by atoms with Crippen LogP contribution in [0.1, 0.15) is 36.0 Å². The molecule has 0 radical (unpaired) electrons. The van der Waals surface area contributed by atoms with Crippen LogP contribution < -0.4 is 11.1 Å². The highest BCUT2D eigenvalue weighted by molar-refractivity contribution is 7.92. The maximum atomic E-state index is 13.4. The number of anilines is 1. The molecule has 32 heavy (non-hydrogen) atoms. The molecular weight excluding hydrogens is 462 g/mol. The summed E-state index contributed by atoms with van der Waals surface area (Å²) in [5.74, 6) is -3.27. The molecule has 0 aliphatic heterocycles. The zero-order valence-electron chi connectivity index (χ0n) is 17.0. The summed E-state index contributed by atoms with van der Waals surface area (Å²) in [6.45, 7) is 0.0928. The summed E-state index contributed by atoms with van der Waals surface area (Å²) < 4.78 is 53.4. The van der Waals surface area contributed by atoms with Crippen LogP contribution in [-0.2, 0) is 9.84 Å². The third-order valence-electron chi connectivity index (χ3n) is 6.82. The molecule has 2 fully saturated rings. The largest absolute Gasteiger partial charge is 0.388 e. The number of fused-ring (bicyclic) bond motifs is 2. The van der Waals surface area contributed by atoms with Gasteiger partial charge in [-0.1, -0.05) is 11.6 Å². The monoisotopic (exact) mass is 484 g/mol. The fourth-order valence-corrected chi connectivity index (χ4v) is 7.42. The van der Waals surface area contributed by atoms with Crippen molar-refractivity contribution in [2.75, 3.05) is 11.9 Å². The molecule has 2 saturated carbocycles. The number of nitrogens with one attached hydrogen (secondary N) is 1. The minimum absolute atomic E-state index is 0.00922. The lowest BCUT2D eigenvalue weighted by Crippen LogP contribution is -2.52. The zero-order chi connectivity index (χ0) is 23.3. The molecule has 1 amide bonds. The molecule has 4 rings (SSSR count). The molecule has 172 valence electrons. The van der Waals surface area contributed by atoms with Crippen LogP contribution in [0.4, 0.5) is 14.5 Å². The van der Waals surface area contributed by atoms with Crippen LogP contribution in [0, 0.1) is 23.5 Å². The lowest BCUT2D eigenvalue weighted by atomic mass is 9.74. The van der Waals surface area contributed by atoms with Crippen LogP contribution in [0.3, 0.4) is 0 Å². The van der Waals surface area contributed by atoms with E-state index in [0.29, 0.717) is 0 Å². The molecule has 4 atom stereocenters. The van der Waals surface area contributed by atoms with Crippen molar-refractivity contribution in [3.8, 4) is 0 Å². The summed E-state index contributed by atoms with van der Waals surface area (Å²) in [6.07, 6.45) is 1.98. The predicted octanol–water partition coefficient (Wildman–Crippen LogP) is 3.52. The Bertz CT molecular complexity index is 1160. The van der Waals surface area contributed by atoms with Gasteiger partial charge in [0, 0.05) is 23.9 Å². The Kier molecular flexibility index (Phi) is 6.04. The number of rotatable bonds is 5. The molecule has 2 bridgehead atoms. The topological polar surface area (TPSA) is 109 Å². The van der Waals surface area contributed by atoms with E-state index in [2.05, 4.69) is 5.32 Å². The van der Waals surface area contributed by atoms with Crippen molar-refractivity contribution in [1.82, 2.24) is 0 Å². The number of hydrogen-bond acceptors (Lipinski definition) is 5. The summed E-state index contributed by atoms with van der Waals surface area (Å²) >= 11 is 6.20. The van der Waals surface area contributed by atoms with E-state index in [1.807, 2.05) is 0 Å². The Hall–Kier alpha value is -2.07. The molecular formula is C22H23ClF2N2O4S. The van der Waals surface area contributed by atoms with E-state index in [9.17, 15) is 27.1 Å². The van der Waals surface area contributed by atoms with Crippen molar-refractivity contribution in [3.05, 3.63) is 58.6 Å². The van der Waals surface area contributed by atoms with E-state index >= 15 is 0 Å². The summed E-state index contributed by atoms with van der Waals surface area (Å²) in [5, 5.41) is 12.5. The van der Waals surface area contributed by atoms with E-state index in [4.69, 9.17) is 17.3 Å². The number of benzene rings is 2. The van der Waals surface area contributed by atoms with Crippen molar-refractivity contribution in [3.63, 3.8) is 0 Å². The Morgan fingerprint density at radius 2 is 1.78 bits per heavy atom. The van der Waals surface area contributed by atoms with Gasteiger partial charge >= 0.3 is 0 Å². The number of carbonyl (C=O) groups is 1. The van der Waals surface area contributed by atoms with Gasteiger partial charge in [0.1, 0.15) is 0 Å². The number of halogens is 3. The van der Waals surface area contributed by atoms with Crippen LogP contribution in [0.2, 0.25) is 5.02 Å². The Morgan fingerprint density at radius 1 is 1.12 bits per heavy atom. The fourth-order valence-electron chi connectivity index (χ4n) is 5.02.